The average molecular weight is 577 g/mol. The number of carbonyl (C=O) groups excluding carboxylic acids is 1. The van der Waals surface area contributed by atoms with Gasteiger partial charge in [-0.25, -0.2) is 5.43 Å². The zero-order valence-corrected chi connectivity index (χ0v) is 21.5. The van der Waals surface area contributed by atoms with Gasteiger partial charge in [-0.05, 0) is 70.8 Å². The third-order valence-electron chi connectivity index (χ3n) is 4.86. The van der Waals surface area contributed by atoms with E-state index in [0.717, 1.165) is 26.7 Å². The Bertz CT molecular complexity index is 1120. The molecule has 0 spiro atoms. The molecule has 0 bridgehead atoms. The molecule has 0 aliphatic carbocycles. The van der Waals surface area contributed by atoms with Gasteiger partial charge in [0.2, 0.25) is 5.91 Å². The first kappa shape index (κ1) is 25.1. The number of hydrazone groups is 1. The highest BCUT2D eigenvalue weighted by Gasteiger charge is 2.13. The molecular formula is C26H26ClIN2O3. The number of nitrogens with zero attached hydrogens (tertiary/aromatic N) is 1. The van der Waals surface area contributed by atoms with Crippen LogP contribution >= 0.6 is 34.2 Å². The van der Waals surface area contributed by atoms with Crippen molar-refractivity contribution in [3.8, 4) is 11.5 Å². The van der Waals surface area contributed by atoms with Crippen LogP contribution in [0.2, 0.25) is 5.02 Å². The normalized spacial score (nSPS) is 10.9. The summed E-state index contributed by atoms with van der Waals surface area (Å²) in [7, 11) is 0. The van der Waals surface area contributed by atoms with Gasteiger partial charge in [0.15, 0.2) is 11.5 Å². The lowest BCUT2D eigenvalue weighted by Crippen LogP contribution is -2.19. The first-order valence-electron chi connectivity index (χ1n) is 10.7. The molecule has 0 aromatic heterocycles. The van der Waals surface area contributed by atoms with Crippen LogP contribution in [-0.2, 0) is 24.2 Å². The molecule has 0 fully saturated rings. The van der Waals surface area contributed by atoms with E-state index >= 15 is 0 Å². The van der Waals surface area contributed by atoms with Crippen LogP contribution in [0.15, 0.2) is 65.8 Å². The maximum absolute atomic E-state index is 12.2. The fraction of sp³-hybridized carbons (Fsp3) is 0.231. The number of hydrogen-bond donors (Lipinski definition) is 1. The molecule has 1 N–H and O–H groups in total. The Morgan fingerprint density at radius 3 is 2.48 bits per heavy atom. The number of carbonyl (C=O) groups is 1. The van der Waals surface area contributed by atoms with Crippen molar-refractivity contribution in [2.75, 3.05) is 6.61 Å². The minimum atomic E-state index is -0.171. The third-order valence-corrected chi connectivity index (χ3v) is 6.03. The minimum absolute atomic E-state index is 0.171. The number of halogens is 2. The molecular weight excluding hydrogens is 551 g/mol. The van der Waals surface area contributed by atoms with Crippen molar-refractivity contribution in [2.24, 2.45) is 5.10 Å². The van der Waals surface area contributed by atoms with Crippen molar-refractivity contribution in [2.45, 2.75) is 33.3 Å². The zero-order valence-electron chi connectivity index (χ0n) is 18.6. The van der Waals surface area contributed by atoms with Crippen molar-refractivity contribution in [1.82, 2.24) is 5.43 Å². The summed E-state index contributed by atoms with van der Waals surface area (Å²) in [5.41, 5.74) is 6.48. The Morgan fingerprint density at radius 2 is 1.79 bits per heavy atom. The highest BCUT2D eigenvalue weighted by molar-refractivity contribution is 14.1. The lowest BCUT2D eigenvalue weighted by molar-refractivity contribution is -0.120. The topological polar surface area (TPSA) is 59.9 Å². The summed E-state index contributed by atoms with van der Waals surface area (Å²) >= 11 is 8.44. The summed E-state index contributed by atoms with van der Waals surface area (Å²) in [4.78, 5) is 12.2. The number of aryl methyl sites for hydroxylation is 1. The highest BCUT2D eigenvalue weighted by Crippen LogP contribution is 2.35. The molecule has 172 valence electrons. The van der Waals surface area contributed by atoms with Crippen molar-refractivity contribution in [3.63, 3.8) is 0 Å². The molecule has 0 saturated heterocycles. The van der Waals surface area contributed by atoms with E-state index in [1.165, 1.54) is 5.56 Å². The van der Waals surface area contributed by atoms with E-state index in [2.05, 4.69) is 40.0 Å². The molecule has 5 nitrogen and oxygen atoms in total. The Hall–Kier alpha value is -2.58. The van der Waals surface area contributed by atoms with Crippen LogP contribution in [0.1, 0.15) is 36.1 Å². The lowest BCUT2D eigenvalue weighted by atomic mass is 10.1. The summed E-state index contributed by atoms with van der Waals surface area (Å²) in [6.07, 6.45) is 2.85. The minimum Gasteiger partial charge on any atom is -0.490 e. The quantitative estimate of drug-likeness (QED) is 0.178. The van der Waals surface area contributed by atoms with Gasteiger partial charge in [-0.3, -0.25) is 4.79 Å². The molecule has 0 aliphatic rings. The molecule has 0 aliphatic heterocycles. The van der Waals surface area contributed by atoms with E-state index in [0.29, 0.717) is 29.7 Å². The number of benzene rings is 3. The molecule has 3 aromatic rings. The standard InChI is InChI=1S/C26H26ClIN2O3/c1-3-18-9-11-19(12-10-18)15-25(31)30-29-16-20-13-23(28)26(24(14-20)32-4-2)33-17-21-7-5-6-8-22(21)27/h5-14,16H,3-4,15,17H2,1-2H3,(H,30,31)/b29-16+. The summed E-state index contributed by atoms with van der Waals surface area (Å²) < 4.78 is 12.7. The number of nitrogens with one attached hydrogen (secondary N) is 1. The SMILES string of the molecule is CCOc1cc(/C=N/NC(=O)Cc2ccc(CC)cc2)cc(I)c1OCc1ccccc1Cl. The zero-order chi connectivity index (χ0) is 23.6. The van der Waals surface area contributed by atoms with Crippen LogP contribution in [0.3, 0.4) is 0 Å². The Balaban J connectivity index is 1.65. The molecule has 0 saturated carbocycles. The predicted octanol–water partition coefficient (Wildman–Crippen LogP) is 6.18. The molecule has 7 heteroatoms. The Labute approximate surface area is 213 Å². The third kappa shape index (κ3) is 7.47. The average Bonchev–Trinajstić information content (AvgIpc) is 2.80. The van der Waals surface area contributed by atoms with Gasteiger partial charge in [0.25, 0.3) is 0 Å². The maximum atomic E-state index is 12.2. The van der Waals surface area contributed by atoms with E-state index in [-0.39, 0.29) is 12.3 Å². The van der Waals surface area contributed by atoms with Gasteiger partial charge in [-0.1, -0.05) is 61.0 Å². The van der Waals surface area contributed by atoms with Gasteiger partial charge < -0.3 is 9.47 Å². The van der Waals surface area contributed by atoms with Gasteiger partial charge in [0, 0.05) is 10.6 Å². The van der Waals surface area contributed by atoms with E-state index in [9.17, 15) is 4.79 Å². The smallest absolute Gasteiger partial charge is 0.244 e. The van der Waals surface area contributed by atoms with E-state index in [1.807, 2.05) is 67.6 Å². The number of amides is 1. The molecule has 33 heavy (non-hydrogen) atoms. The van der Waals surface area contributed by atoms with Crippen molar-refractivity contribution in [1.29, 1.82) is 0 Å². The largest absolute Gasteiger partial charge is 0.490 e. The van der Waals surface area contributed by atoms with Gasteiger partial charge in [0.1, 0.15) is 6.61 Å². The van der Waals surface area contributed by atoms with Gasteiger partial charge >= 0.3 is 0 Å². The molecule has 3 rings (SSSR count). The summed E-state index contributed by atoms with van der Waals surface area (Å²) in [6.45, 7) is 4.84. The highest BCUT2D eigenvalue weighted by atomic mass is 127. The van der Waals surface area contributed by atoms with Crippen LogP contribution in [0.25, 0.3) is 0 Å². The molecule has 0 unspecified atom stereocenters. The van der Waals surface area contributed by atoms with Crippen LogP contribution in [0.4, 0.5) is 0 Å². The number of rotatable bonds is 10. The second kappa shape index (κ2) is 12.6. The molecule has 0 atom stereocenters. The van der Waals surface area contributed by atoms with Crippen molar-refractivity contribution in [3.05, 3.63) is 91.5 Å². The first-order chi connectivity index (χ1) is 16.0. The first-order valence-corrected chi connectivity index (χ1v) is 12.2. The van der Waals surface area contributed by atoms with E-state index < -0.39 is 0 Å². The second-order valence-corrected chi connectivity index (χ2v) is 8.85. The Kier molecular flexibility index (Phi) is 9.57. The van der Waals surface area contributed by atoms with Gasteiger partial charge in [0.05, 0.1) is 22.8 Å². The maximum Gasteiger partial charge on any atom is 0.244 e. The van der Waals surface area contributed by atoms with Gasteiger partial charge in [-0.15, -0.1) is 0 Å². The molecule has 1 amide bonds. The Morgan fingerprint density at radius 1 is 1.06 bits per heavy atom. The summed E-state index contributed by atoms with van der Waals surface area (Å²) in [6, 6.07) is 19.4. The van der Waals surface area contributed by atoms with Crippen molar-refractivity contribution < 1.29 is 14.3 Å². The summed E-state index contributed by atoms with van der Waals surface area (Å²) in [5, 5.41) is 4.77. The van der Waals surface area contributed by atoms with Gasteiger partial charge in [-0.2, -0.15) is 5.10 Å². The predicted molar refractivity (Wildman–Crippen MR) is 141 cm³/mol. The van der Waals surface area contributed by atoms with E-state index in [1.54, 1.807) is 6.21 Å². The van der Waals surface area contributed by atoms with Crippen LogP contribution in [-0.4, -0.2) is 18.7 Å². The monoisotopic (exact) mass is 576 g/mol. The van der Waals surface area contributed by atoms with Crippen LogP contribution in [0, 0.1) is 3.57 Å². The van der Waals surface area contributed by atoms with Crippen LogP contribution < -0.4 is 14.9 Å². The lowest BCUT2D eigenvalue weighted by Gasteiger charge is -2.15. The number of hydrogen-bond acceptors (Lipinski definition) is 4. The van der Waals surface area contributed by atoms with E-state index in [4.69, 9.17) is 21.1 Å². The fourth-order valence-corrected chi connectivity index (χ4v) is 4.10. The van der Waals surface area contributed by atoms with Crippen molar-refractivity contribution >= 4 is 46.3 Å². The molecule has 0 heterocycles. The second-order valence-electron chi connectivity index (χ2n) is 7.28. The fourth-order valence-electron chi connectivity index (χ4n) is 3.13. The van der Waals surface area contributed by atoms with Crippen LogP contribution in [0.5, 0.6) is 11.5 Å². The molecule has 0 radical (unpaired) electrons. The summed E-state index contributed by atoms with van der Waals surface area (Å²) in [5.74, 6) is 1.09. The molecule has 3 aromatic carbocycles. The number of ether oxygens (including phenoxy) is 2.